The van der Waals surface area contributed by atoms with Crippen molar-refractivity contribution < 1.29 is 4.42 Å². The maximum Gasteiger partial charge on any atom is 0.120 e. The average molecular weight is 208 g/mol. The van der Waals surface area contributed by atoms with E-state index in [1.165, 1.54) is 19.4 Å². The molecule has 1 fully saturated rings. The van der Waals surface area contributed by atoms with Crippen LogP contribution in [-0.2, 0) is 0 Å². The zero-order valence-corrected chi connectivity index (χ0v) is 9.33. The van der Waals surface area contributed by atoms with Crippen LogP contribution in [0.2, 0.25) is 0 Å². The van der Waals surface area contributed by atoms with Crippen molar-refractivity contribution >= 4 is 0 Å². The van der Waals surface area contributed by atoms with E-state index in [0.717, 1.165) is 24.8 Å². The zero-order valence-electron chi connectivity index (χ0n) is 9.33. The summed E-state index contributed by atoms with van der Waals surface area (Å²) >= 11 is 0. The van der Waals surface area contributed by atoms with Gasteiger partial charge in [-0.25, -0.2) is 0 Å². The van der Waals surface area contributed by atoms with Crippen molar-refractivity contribution in [3.8, 4) is 0 Å². The van der Waals surface area contributed by atoms with Gasteiger partial charge in [0.1, 0.15) is 5.76 Å². The Kier molecular flexibility index (Phi) is 3.80. The smallest absolute Gasteiger partial charge is 0.120 e. The van der Waals surface area contributed by atoms with Crippen molar-refractivity contribution in [1.29, 1.82) is 0 Å². The van der Waals surface area contributed by atoms with E-state index in [9.17, 15) is 0 Å². The number of rotatable bonds is 4. The Balaban J connectivity index is 1.73. The summed E-state index contributed by atoms with van der Waals surface area (Å²) in [6.45, 7) is 5.56. The fraction of sp³-hybridized carbons (Fsp3) is 0.667. The third-order valence-corrected chi connectivity index (χ3v) is 3.08. The van der Waals surface area contributed by atoms with Crippen molar-refractivity contribution in [2.75, 3.05) is 19.6 Å². The Morgan fingerprint density at radius 2 is 2.60 bits per heavy atom. The highest BCUT2D eigenvalue weighted by molar-refractivity contribution is 5.02. The quantitative estimate of drug-likeness (QED) is 0.794. The predicted octanol–water partition coefficient (Wildman–Crippen LogP) is 1.93. The van der Waals surface area contributed by atoms with Crippen LogP contribution < -0.4 is 10.6 Å². The first-order valence-electron chi connectivity index (χ1n) is 5.84. The first-order chi connectivity index (χ1) is 7.36. The molecule has 1 aliphatic rings. The third kappa shape index (κ3) is 3.08. The second kappa shape index (κ2) is 5.33. The molecule has 3 nitrogen and oxygen atoms in total. The minimum atomic E-state index is 0.321. The van der Waals surface area contributed by atoms with Crippen molar-refractivity contribution in [2.24, 2.45) is 5.92 Å². The van der Waals surface area contributed by atoms with Gasteiger partial charge in [-0.15, -0.1) is 0 Å². The lowest BCUT2D eigenvalue weighted by Gasteiger charge is -2.24. The summed E-state index contributed by atoms with van der Waals surface area (Å²) in [7, 11) is 0. The fourth-order valence-electron chi connectivity index (χ4n) is 2.08. The molecule has 2 heterocycles. The van der Waals surface area contributed by atoms with Crippen LogP contribution in [-0.4, -0.2) is 19.6 Å². The fourth-order valence-corrected chi connectivity index (χ4v) is 2.08. The van der Waals surface area contributed by atoms with Crippen LogP contribution in [0.3, 0.4) is 0 Å². The van der Waals surface area contributed by atoms with Crippen molar-refractivity contribution in [3.05, 3.63) is 24.2 Å². The molecule has 0 amide bonds. The predicted molar refractivity (Wildman–Crippen MR) is 60.7 cm³/mol. The van der Waals surface area contributed by atoms with Gasteiger partial charge in [-0.05, 0) is 57.5 Å². The Morgan fingerprint density at radius 1 is 1.67 bits per heavy atom. The molecule has 0 unspecified atom stereocenters. The summed E-state index contributed by atoms with van der Waals surface area (Å²) in [6.07, 6.45) is 4.38. The lowest BCUT2D eigenvalue weighted by atomic mass is 9.99. The third-order valence-electron chi connectivity index (χ3n) is 3.08. The van der Waals surface area contributed by atoms with Crippen LogP contribution in [0.15, 0.2) is 22.8 Å². The molecule has 0 bridgehead atoms. The SMILES string of the molecule is C[C@H](NC[C@@H]1CCCNC1)c1ccco1. The summed E-state index contributed by atoms with van der Waals surface area (Å²) in [5.41, 5.74) is 0. The molecule has 2 N–H and O–H groups in total. The van der Waals surface area contributed by atoms with Gasteiger partial charge in [0, 0.05) is 0 Å². The van der Waals surface area contributed by atoms with Crippen LogP contribution in [0.1, 0.15) is 31.6 Å². The highest BCUT2D eigenvalue weighted by atomic mass is 16.3. The molecule has 0 saturated carbocycles. The Labute approximate surface area is 91.2 Å². The van der Waals surface area contributed by atoms with Gasteiger partial charge in [0.05, 0.1) is 12.3 Å². The molecule has 84 valence electrons. The summed E-state index contributed by atoms with van der Waals surface area (Å²) in [5, 5.41) is 6.95. The van der Waals surface area contributed by atoms with E-state index in [1.807, 2.05) is 12.1 Å². The standard InChI is InChI=1S/C12H20N2O/c1-10(12-5-3-7-15-12)14-9-11-4-2-6-13-8-11/h3,5,7,10-11,13-14H,2,4,6,8-9H2,1H3/t10-,11+/m0/s1. The lowest BCUT2D eigenvalue weighted by Crippen LogP contribution is -2.36. The summed E-state index contributed by atoms with van der Waals surface area (Å²) in [6, 6.07) is 4.29. The Bertz CT molecular complexity index is 265. The van der Waals surface area contributed by atoms with Crippen molar-refractivity contribution in [1.82, 2.24) is 10.6 Å². The first kappa shape index (κ1) is 10.7. The molecule has 1 saturated heterocycles. The van der Waals surface area contributed by atoms with E-state index in [1.54, 1.807) is 6.26 Å². The lowest BCUT2D eigenvalue weighted by molar-refractivity contribution is 0.335. The van der Waals surface area contributed by atoms with Gasteiger partial charge in [0.15, 0.2) is 0 Å². The Morgan fingerprint density at radius 3 is 3.27 bits per heavy atom. The molecule has 0 aromatic carbocycles. The van der Waals surface area contributed by atoms with Gasteiger partial charge in [0.2, 0.25) is 0 Å². The van der Waals surface area contributed by atoms with Gasteiger partial charge >= 0.3 is 0 Å². The zero-order chi connectivity index (χ0) is 10.5. The summed E-state index contributed by atoms with van der Waals surface area (Å²) in [5.74, 6) is 1.80. The van der Waals surface area contributed by atoms with Gasteiger partial charge in [-0.1, -0.05) is 0 Å². The summed E-state index contributed by atoms with van der Waals surface area (Å²) in [4.78, 5) is 0. The van der Waals surface area contributed by atoms with E-state index < -0.39 is 0 Å². The number of hydrogen-bond donors (Lipinski definition) is 2. The molecular formula is C12H20N2O. The Hall–Kier alpha value is -0.800. The minimum Gasteiger partial charge on any atom is -0.468 e. The van der Waals surface area contributed by atoms with Gasteiger partial charge in [-0.3, -0.25) is 0 Å². The number of nitrogens with one attached hydrogen (secondary N) is 2. The number of hydrogen-bond acceptors (Lipinski definition) is 3. The molecule has 1 aromatic rings. The average Bonchev–Trinajstić information content (AvgIpc) is 2.81. The van der Waals surface area contributed by atoms with Gasteiger partial charge in [-0.2, -0.15) is 0 Å². The minimum absolute atomic E-state index is 0.321. The molecule has 1 aliphatic heterocycles. The van der Waals surface area contributed by atoms with Crippen LogP contribution in [0.4, 0.5) is 0 Å². The van der Waals surface area contributed by atoms with Crippen molar-refractivity contribution in [3.63, 3.8) is 0 Å². The van der Waals surface area contributed by atoms with E-state index in [2.05, 4.69) is 17.6 Å². The molecule has 15 heavy (non-hydrogen) atoms. The van der Waals surface area contributed by atoms with E-state index >= 15 is 0 Å². The largest absolute Gasteiger partial charge is 0.468 e. The molecule has 3 heteroatoms. The molecule has 0 radical (unpaired) electrons. The number of piperidine rings is 1. The molecular weight excluding hydrogens is 188 g/mol. The van der Waals surface area contributed by atoms with Crippen molar-refractivity contribution in [2.45, 2.75) is 25.8 Å². The van der Waals surface area contributed by atoms with E-state index in [-0.39, 0.29) is 0 Å². The maximum atomic E-state index is 5.36. The molecule has 1 aromatic heterocycles. The normalized spacial score (nSPS) is 23.9. The van der Waals surface area contributed by atoms with Crippen LogP contribution in [0.25, 0.3) is 0 Å². The number of furan rings is 1. The topological polar surface area (TPSA) is 37.2 Å². The monoisotopic (exact) mass is 208 g/mol. The molecule has 0 aliphatic carbocycles. The highest BCUT2D eigenvalue weighted by Crippen LogP contribution is 2.14. The van der Waals surface area contributed by atoms with Crippen LogP contribution >= 0.6 is 0 Å². The van der Waals surface area contributed by atoms with E-state index in [0.29, 0.717) is 6.04 Å². The maximum absolute atomic E-state index is 5.36. The molecule has 2 rings (SSSR count). The first-order valence-corrected chi connectivity index (χ1v) is 5.84. The van der Waals surface area contributed by atoms with Gasteiger partial charge in [0.25, 0.3) is 0 Å². The van der Waals surface area contributed by atoms with Crippen LogP contribution in [0, 0.1) is 5.92 Å². The highest BCUT2D eigenvalue weighted by Gasteiger charge is 2.14. The van der Waals surface area contributed by atoms with E-state index in [4.69, 9.17) is 4.42 Å². The second-order valence-electron chi connectivity index (χ2n) is 4.36. The van der Waals surface area contributed by atoms with Gasteiger partial charge < -0.3 is 15.1 Å². The molecule has 2 atom stereocenters. The summed E-state index contributed by atoms with van der Waals surface area (Å²) < 4.78 is 5.36. The molecule has 0 spiro atoms. The second-order valence-corrected chi connectivity index (χ2v) is 4.36. The van der Waals surface area contributed by atoms with Crippen LogP contribution in [0.5, 0.6) is 0 Å².